The third kappa shape index (κ3) is 2.33. The molecule has 0 fully saturated rings. The molecule has 3 N–H and O–H groups in total. The van der Waals surface area contributed by atoms with Crippen molar-refractivity contribution >= 4 is 22.9 Å². The fourth-order valence-electron chi connectivity index (χ4n) is 1.85. The zero-order valence-corrected chi connectivity index (χ0v) is 10.5. The van der Waals surface area contributed by atoms with Crippen LogP contribution in [0.25, 0.3) is 11.2 Å². The van der Waals surface area contributed by atoms with Crippen LogP contribution in [-0.2, 0) is 6.54 Å². The number of aromatic nitrogens is 4. The first-order chi connectivity index (χ1) is 9.36. The van der Waals surface area contributed by atoms with Gasteiger partial charge in [-0.3, -0.25) is 0 Å². The summed E-state index contributed by atoms with van der Waals surface area (Å²) < 4.78 is 0. The Morgan fingerprint density at radius 3 is 2.79 bits per heavy atom. The third-order valence-electron chi connectivity index (χ3n) is 2.81. The molecule has 0 saturated carbocycles. The number of hydrogen-bond donors (Lipinski definition) is 3. The van der Waals surface area contributed by atoms with Gasteiger partial charge >= 0.3 is 0 Å². The Morgan fingerprint density at radius 2 is 2.00 bits per heavy atom. The number of rotatable bonds is 4. The van der Waals surface area contributed by atoms with E-state index in [1.54, 1.807) is 13.4 Å². The quantitative estimate of drug-likeness (QED) is 0.663. The summed E-state index contributed by atoms with van der Waals surface area (Å²) >= 11 is 0. The average Bonchev–Trinajstić information content (AvgIpc) is 2.94. The molecule has 0 amide bonds. The highest BCUT2D eigenvalue weighted by molar-refractivity contribution is 5.83. The molecule has 6 heteroatoms. The monoisotopic (exact) mass is 254 g/mol. The van der Waals surface area contributed by atoms with Gasteiger partial charge in [0.1, 0.15) is 5.52 Å². The second kappa shape index (κ2) is 4.93. The lowest BCUT2D eigenvalue weighted by atomic mass is 10.2. The van der Waals surface area contributed by atoms with Gasteiger partial charge in [0.25, 0.3) is 0 Å². The molecular weight excluding hydrogens is 240 g/mol. The van der Waals surface area contributed by atoms with Crippen LogP contribution in [0.1, 0.15) is 5.56 Å². The molecular formula is C13H14N6. The van der Waals surface area contributed by atoms with E-state index in [1.807, 2.05) is 18.2 Å². The number of fused-ring (bicyclic) bond motifs is 1. The van der Waals surface area contributed by atoms with Gasteiger partial charge in [-0.25, -0.2) is 4.98 Å². The Balaban J connectivity index is 1.89. The SMILES string of the molecule is CNc1nc(NCc2ccccc2)c2[nH]cnc2n1. The van der Waals surface area contributed by atoms with E-state index in [4.69, 9.17) is 0 Å². The van der Waals surface area contributed by atoms with E-state index in [9.17, 15) is 0 Å². The highest BCUT2D eigenvalue weighted by Crippen LogP contribution is 2.18. The van der Waals surface area contributed by atoms with Crippen LogP contribution in [0.2, 0.25) is 0 Å². The highest BCUT2D eigenvalue weighted by atomic mass is 15.2. The predicted octanol–water partition coefficient (Wildman–Crippen LogP) is 2.01. The summed E-state index contributed by atoms with van der Waals surface area (Å²) in [4.78, 5) is 15.9. The first kappa shape index (κ1) is 11.5. The van der Waals surface area contributed by atoms with Crippen LogP contribution in [0, 0.1) is 0 Å². The van der Waals surface area contributed by atoms with Crippen molar-refractivity contribution < 1.29 is 0 Å². The minimum Gasteiger partial charge on any atom is -0.364 e. The summed E-state index contributed by atoms with van der Waals surface area (Å²) in [6, 6.07) is 10.2. The molecule has 3 rings (SSSR count). The van der Waals surface area contributed by atoms with Crippen LogP contribution in [0.3, 0.4) is 0 Å². The maximum atomic E-state index is 4.40. The van der Waals surface area contributed by atoms with Crippen LogP contribution in [0.4, 0.5) is 11.8 Å². The molecule has 0 atom stereocenters. The average molecular weight is 254 g/mol. The van der Waals surface area contributed by atoms with E-state index in [-0.39, 0.29) is 0 Å². The van der Waals surface area contributed by atoms with E-state index in [1.165, 1.54) is 5.56 Å². The molecule has 1 aromatic carbocycles. The largest absolute Gasteiger partial charge is 0.364 e. The van der Waals surface area contributed by atoms with Crippen LogP contribution >= 0.6 is 0 Å². The topological polar surface area (TPSA) is 78.5 Å². The Morgan fingerprint density at radius 1 is 1.16 bits per heavy atom. The van der Waals surface area contributed by atoms with Gasteiger partial charge in [-0.15, -0.1) is 0 Å². The molecule has 0 saturated heterocycles. The molecule has 0 aliphatic heterocycles. The van der Waals surface area contributed by atoms with E-state index in [2.05, 4.69) is 42.7 Å². The molecule has 19 heavy (non-hydrogen) atoms. The molecule has 0 radical (unpaired) electrons. The summed E-state index contributed by atoms with van der Waals surface area (Å²) in [5.41, 5.74) is 2.66. The van der Waals surface area contributed by atoms with Crippen molar-refractivity contribution in [3.63, 3.8) is 0 Å². The van der Waals surface area contributed by atoms with Crippen molar-refractivity contribution in [3.05, 3.63) is 42.2 Å². The molecule has 0 aliphatic carbocycles. The van der Waals surface area contributed by atoms with Gasteiger partial charge in [0.2, 0.25) is 5.95 Å². The van der Waals surface area contributed by atoms with Crippen LogP contribution < -0.4 is 10.6 Å². The minimum atomic E-state index is 0.551. The standard InChI is InChI=1S/C13H14N6/c1-14-13-18-11(10-12(19-13)17-8-16-10)15-7-9-5-3-2-4-6-9/h2-6,8H,7H2,1H3,(H3,14,15,16,17,18,19). The predicted molar refractivity (Wildman–Crippen MR) is 75.0 cm³/mol. The highest BCUT2D eigenvalue weighted by Gasteiger charge is 2.08. The number of anilines is 2. The molecule has 3 aromatic rings. The lowest BCUT2D eigenvalue weighted by Crippen LogP contribution is -2.05. The van der Waals surface area contributed by atoms with Crippen molar-refractivity contribution in [1.82, 2.24) is 19.9 Å². The summed E-state index contributed by atoms with van der Waals surface area (Å²) in [5.74, 6) is 1.30. The zero-order chi connectivity index (χ0) is 13.1. The normalized spacial score (nSPS) is 10.6. The minimum absolute atomic E-state index is 0.551. The second-order valence-electron chi connectivity index (χ2n) is 4.09. The molecule has 0 bridgehead atoms. The number of H-pyrrole nitrogens is 1. The van der Waals surface area contributed by atoms with E-state index in [0.29, 0.717) is 18.1 Å². The summed E-state index contributed by atoms with van der Waals surface area (Å²) in [5, 5.41) is 6.23. The molecule has 0 unspecified atom stereocenters. The number of nitrogens with one attached hydrogen (secondary N) is 3. The van der Waals surface area contributed by atoms with Crippen molar-refractivity contribution in [1.29, 1.82) is 0 Å². The van der Waals surface area contributed by atoms with Crippen molar-refractivity contribution in [2.75, 3.05) is 17.7 Å². The van der Waals surface area contributed by atoms with Gasteiger partial charge in [-0.2, -0.15) is 9.97 Å². The number of nitrogens with zero attached hydrogens (tertiary/aromatic N) is 3. The zero-order valence-electron chi connectivity index (χ0n) is 10.5. The van der Waals surface area contributed by atoms with Crippen LogP contribution in [-0.4, -0.2) is 27.0 Å². The third-order valence-corrected chi connectivity index (χ3v) is 2.81. The Bertz CT molecular complexity index is 676. The number of hydrogen-bond acceptors (Lipinski definition) is 5. The van der Waals surface area contributed by atoms with Crippen molar-refractivity contribution in [3.8, 4) is 0 Å². The van der Waals surface area contributed by atoms with Crippen molar-refractivity contribution in [2.24, 2.45) is 0 Å². The molecule has 0 spiro atoms. The van der Waals surface area contributed by atoms with Gasteiger partial charge in [-0.1, -0.05) is 30.3 Å². The molecule has 96 valence electrons. The second-order valence-corrected chi connectivity index (χ2v) is 4.09. The maximum absolute atomic E-state index is 4.40. The summed E-state index contributed by atoms with van der Waals surface area (Å²) in [7, 11) is 1.79. The van der Waals surface area contributed by atoms with E-state index < -0.39 is 0 Å². The molecule has 6 nitrogen and oxygen atoms in total. The Hall–Kier alpha value is -2.63. The molecule has 2 aromatic heterocycles. The Kier molecular flexibility index (Phi) is 2.97. The summed E-state index contributed by atoms with van der Waals surface area (Å²) in [6.07, 6.45) is 1.62. The van der Waals surface area contributed by atoms with Gasteiger partial charge in [0, 0.05) is 13.6 Å². The van der Waals surface area contributed by atoms with Gasteiger partial charge < -0.3 is 15.6 Å². The summed E-state index contributed by atoms with van der Waals surface area (Å²) in [6.45, 7) is 0.703. The fourth-order valence-corrected chi connectivity index (χ4v) is 1.85. The first-order valence-corrected chi connectivity index (χ1v) is 6.03. The first-order valence-electron chi connectivity index (χ1n) is 6.03. The number of aromatic amines is 1. The lowest BCUT2D eigenvalue weighted by molar-refractivity contribution is 1.09. The number of benzene rings is 1. The van der Waals surface area contributed by atoms with Gasteiger partial charge in [-0.05, 0) is 5.56 Å². The maximum Gasteiger partial charge on any atom is 0.226 e. The van der Waals surface area contributed by atoms with Crippen LogP contribution in [0.15, 0.2) is 36.7 Å². The number of imidazole rings is 1. The van der Waals surface area contributed by atoms with Gasteiger partial charge in [0.05, 0.1) is 6.33 Å². The molecule has 2 heterocycles. The van der Waals surface area contributed by atoms with Gasteiger partial charge in [0.15, 0.2) is 11.5 Å². The van der Waals surface area contributed by atoms with Crippen molar-refractivity contribution in [2.45, 2.75) is 6.54 Å². The van der Waals surface area contributed by atoms with Crippen LogP contribution in [0.5, 0.6) is 0 Å². The Labute approximate surface area is 110 Å². The lowest BCUT2D eigenvalue weighted by Gasteiger charge is -2.08. The smallest absolute Gasteiger partial charge is 0.226 e. The fraction of sp³-hybridized carbons (Fsp3) is 0.154. The molecule has 0 aliphatic rings. The van der Waals surface area contributed by atoms with E-state index in [0.717, 1.165) is 11.3 Å². The van der Waals surface area contributed by atoms with E-state index >= 15 is 0 Å².